The monoisotopic (exact) mass is 268 g/mol. The van der Waals surface area contributed by atoms with Gasteiger partial charge in [0.15, 0.2) is 0 Å². The maximum Gasteiger partial charge on any atom is 0.208 e. The first-order valence-corrected chi connectivity index (χ1v) is 7.04. The van der Waals surface area contributed by atoms with Gasteiger partial charge in [-0.05, 0) is 17.8 Å². The molecule has 19 heavy (non-hydrogen) atoms. The van der Waals surface area contributed by atoms with Gasteiger partial charge in [-0.15, -0.1) is 0 Å². The molecule has 4 nitrogen and oxygen atoms in total. The molecule has 1 N–H and O–H groups in total. The van der Waals surface area contributed by atoms with E-state index in [-0.39, 0.29) is 0 Å². The Hall–Kier alpha value is -0.870. The molecule has 0 aliphatic rings. The van der Waals surface area contributed by atoms with Crippen LogP contribution in [0.5, 0.6) is 0 Å². The third-order valence-electron chi connectivity index (χ3n) is 2.87. The Morgan fingerprint density at radius 2 is 2.16 bits per heavy atom. The minimum atomic E-state index is 0.365. The summed E-state index contributed by atoms with van der Waals surface area (Å²) in [6.07, 6.45) is 4.00. The van der Waals surface area contributed by atoms with Crippen molar-refractivity contribution in [3.05, 3.63) is 17.8 Å². The van der Waals surface area contributed by atoms with Crippen molar-refractivity contribution in [1.82, 2.24) is 10.3 Å². The molecule has 1 unspecified atom stereocenters. The minimum absolute atomic E-state index is 0.365. The third-order valence-corrected chi connectivity index (χ3v) is 2.87. The van der Waals surface area contributed by atoms with Gasteiger partial charge in [-0.3, -0.25) is 0 Å². The van der Waals surface area contributed by atoms with Crippen molar-refractivity contribution in [2.45, 2.75) is 47.1 Å². The summed E-state index contributed by atoms with van der Waals surface area (Å²) < 4.78 is 10.7. The number of hydrogen-bond acceptors (Lipinski definition) is 4. The van der Waals surface area contributed by atoms with Crippen LogP contribution in [-0.4, -0.2) is 25.2 Å². The first kappa shape index (κ1) is 16.2. The molecule has 4 heteroatoms. The Morgan fingerprint density at radius 1 is 1.42 bits per heavy atom. The molecule has 0 aliphatic heterocycles. The maximum atomic E-state index is 5.73. The van der Waals surface area contributed by atoms with Crippen molar-refractivity contribution in [2.24, 2.45) is 11.3 Å². The lowest BCUT2D eigenvalue weighted by atomic mass is 9.84. The fourth-order valence-electron chi connectivity index (χ4n) is 2.35. The second-order valence-electron chi connectivity index (χ2n) is 6.46. The predicted octanol–water partition coefficient (Wildman–Crippen LogP) is 3.03. The van der Waals surface area contributed by atoms with E-state index in [0.717, 1.165) is 24.6 Å². The summed E-state index contributed by atoms with van der Waals surface area (Å²) in [6.45, 7) is 11.3. The topological polar surface area (TPSA) is 47.3 Å². The Morgan fingerprint density at radius 3 is 2.79 bits per heavy atom. The fourth-order valence-corrected chi connectivity index (χ4v) is 2.35. The van der Waals surface area contributed by atoms with E-state index < -0.39 is 0 Å². The van der Waals surface area contributed by atoms with Crippen LogP contribution in [0.4, 0.5) is 0 Å². The first-order chi connectivity index (χ1) is 8.90. The van der Waals surface area contributed by atoms with Gasteiger partial charge < -0.3 is 14.5 Å². The number of hydrogen-bond donors (Lipinski definition) is 1. The van der Waals surface area contributed by atoms with Crippen molar-refractivity contribution < 1.29 is 9.15 Å². The second kappa shape index (κ2) is 7.65. The maximum absolute atomic E-state index is 5.73. The molecular weight excluding hydrogens is 240 g/mol. The number of methoxy groups -OCH3 is 1. The van der Waals surface area contributed by atoms with Crippen LogP contribution in [-0.2, 0) is 17.7 Å². The SMILES string of the molecule is COCCNCc1ncc(CC(C)CC(C)(C)C)o1. The Bertz CT molecular complexity index is 355. The van der Waals surface area contributed by atoms with E-state index in [1.54, 1.807) is 7.11 Å². The highest BCUT2D eigenvalue weighted by atomic mass is 16.5. The van der Waals surface area contributed by atoms with Crippen LogP contribution in [0.2, 0.25) is 0 Å². The van der Waals surface area contributed by atoms with Gasteiger partial charge in [0.2, 0.25) is 5.89 Å². The van der Waals surface area contributed by atoms with Gasteiger partial charge >= 0.3 is 0 Å². The highest BCUT2D eigenvalue weighted by Gasteiger charge is 2.17. The second-order valence-corrected chi connectivity index (χ2v) is 6.46. The standard InChI is InChI=1S/C15H28N2O2/c1-12(9-15(2,3)4)8-13-10-17-14(19-13)11-16-6-7-18-5/h10,12,16H,6-9,11H2,1-5H3. The zero-order valence-electron chi connectivity index (χ0n) is 13.0. The Kier molecular flexibility index (Phi) is 6.52. The number of ether oxygens (including phenoxy) is 1. The summed E-state index contributed by atoms with van der Waals surface area (Å²) in [4.78, 5) is 4.29. The molecule has 0 saturated carbocycles. The summed E-state index contributed by atoms with van der Waals surface area (Å²) in [5, 5.41) is 3.23. The van der Waals surface area contributed by atoms with Gasteiger partial charge in [-0.25, -0.2) is 4.98 Å². The zero-order valence-corrected chi connectivity index (χ0v) is 13.0. The van der Waals surface area contributed by atoms with E-state index in [9.17, 15) is 0 Å². The molecule has 110 valence electrons. The summed E-state index contributed by atoms with van der Waals surface area (Å²) >= 11 is 0. The largest absolute Gasteiger partial charge is 0.444 e. The molecule has 1 heterocycles. The molecule has 1 aromatic heterocycles. The van der Waals surface area contributed by atoms with E-state index in [1.165, 1.54) is 6.42 Å². The quantitative estimate of drug-likeness (QED) is 0.736. The van der Waals surface area contributed by atoms with Crippen LogP contribution >= 0.6 is 0 Å². The van der Waals surface area contributed by atoms with Crippen LogP contribution in [0.3, 0.4) is 0 Å². The molecule has 0 amide bonds. The van der Waals surface area contributed by atoms with Crippen LogP contribution in [0.25, 0.3) is 0 Å². The lowest BCUT2D eigenvalue weighted by molar-refractivity contribution is 0.198. The molecule has 0 fully saturated rings. The van der Waals surface area contributed by atoms with Crippen molar-refractivity contribution in [3.8, 4) is 0 Å². The van der Waals surface area contributed by atoms with Crippen molar-refractivity contribution in [2.75, 3.05) is 20.3 Å². The van der Waals surface area contributed by atoms with Crippen molar-refractivity contribution in [1.29, 1.82) is 0 Å². The molecule has 0 radical (unpaired) electrons. The van der Waals surface area contributed by atoms with Crippen LogP contribution in [0.15, 0.2) is 10.6 Å². The smallest absolute Gasteiger partial charge is 0.208 e. The average molecular weight is 268 g/mol. The van der Waals surface area contributed by atoms with Crippen LogP contribution in [0.1, 0.15) is 45.8 Å². The molecular formula is C15H28N2O2. The summed E-state index contributed by atoms with van der Waals surface area (Å²) in [6, 6.07) is 0. The number of nitrogens with one attached hydrogen (secondary N) is 1. The van der Waals surface area contributed by atoms with Crippen LogP contribution < -0.4 is 5.32 Å². The molecule has 1 rings (SSSR count). The van der Waals surface area contributed by atoms with Gasteiger partial charge in [0.05, 0.1) is 19.3 Å². The number of rotatable bonds is 8. The fraction of sp³-hybridized carbons (Fsp3) is 0.800. The summed E-state index contributed by atoms with van der Waals surface area (Å²) in [5.74, 6) is 2.36. The lowest BCUT2D eigenvalue weighted by Gasteiger charge is -2.22. The van der Waals surface area contributed by atoms with Gasteiger partial charge in [-0.1, -0.05) is 27.7 Å². The van der Waals surface area contributed by atoms with E-state index in [0.29, 0.717) is 24.5 Å². The zero-order chi connectivity index (χ0) is 14.3. The van der Waals surface area contributed by atoms with E-state index in [2.05, 4.69) is 38.0 Å². The van der Waals surface area contributed by atoms with E-state index >= 15 is 0 Å². The van der Waals surface area contributed by atoms with Crippen LogP contribution in [0, 0.1) is 11.3 Å². The minimum Gasteiger partial charge on any atom is -0.444 e. The highest BCUT2D eigenvalue weighted by molar-refractivity contribution is 4.95. The van der Waals surface area contributed by atoms with Gasteiger partial charge in [0.1, 0.15) is 5.76 Å². The van der Waals surface area contributed by atoms with E-state index in [4.69, 9.17) is 9.15 Å². The normalized spacial score (nSPS) is 13.7. The lowest BCUT2D eigenvalue weighted by Crippen LogP contribution is -2.18. The third kappa shape index (κ3) is 7.33. The highest BCUT2D eigenvalue weighted by Crippen LogP contribution is 2.26. The first-order valence-electron chi connectivity index (χ1n) is 7.04. The molecule has 0 aliphatic carbocycles. The molecule has 1 atom stereocenters. The van der Waals surface area contributed by atoms with Crippen molar-refractivity contribution in [3.63, 3.8) is 0 Å². The molecule has 1 aromatic rings. The summed E-state index contributed by atoms with van der Waals surface area (Å²) in [7, 11) is 1.70. The number of aromatic nitrogens is 1. The van der Waals surface area contributed by atoms with E-state index in [1.807, 2.05) is 6.20 Å². The van der Waals surface area contributed by atoms with Crippen molar-refractivity contribution >= 4 is 0 Å². The van der Waals surface area contributed by atoms with Gasteiger partial charge in [-0.2, -0.15) is 0 Å². The summed E-state index contributed by atoms with van der Waals surface area (Å²) in [5.41, 5.74) is 0.365. The predicted molar refractivity (Wildman–Crippen MR) is 77.0 cm³/mol. The van der Waals surface area contributed by atoms with Gasteiger partial charge in [0.25, 0.3) is 0 Å². The Labute approximate surface area is 116 Å². The number of oxazole rings is 1. The number of nitrogens with zero attached hydrogens (tertiary/aromatic N) is 1. The molecule has 0 bridgehead atoms. The molecule has 0 aromatic carbocycles. The molecule has 0 spiro atoms. The average Bonchev–Trinajstić information content (AvgIpc) is 2.69. The Balaban J connectivity index is 2.33. The van der Waals surface area contributed by atoms with Gasteiger partial charge in [0, 0.05) is 20.1 Å². The molecule has 0 saturated heterocycles.